The van der Waals surface area contributed by atoms with Gasteiger partial charge in [-0.3, -0.25) is 9.59 Å². The number of Topliss-reactive ketones (excluding diaryl/α,β-unsaturated/α-hetero) is 1. The highest BCUT2D eigenvalue weighted by atomic mass is 16.5. The second-order valence-corrected chi connectivity index (χ2v) is 8.22. The van der Waals surface area contributed by atoms with Gasteiger partial charge in [-0.15, -0.1) is 0 Å². The minimum absolute atomic E-state index is 0.0719. The van der Waals surface area contributed by atoms with Crippen LogP contribution in [0.25, 0.3) is 0 Å². The Bertz CT molecular complexity index is 517. The van der Waals surface area contributed by atoms with Gasteiger partial charge < -0.3 is 20.1 Å². The van der Waals surface area contributed by atoms with Crippen LogP contribution in [-0.2, 0) is 14.3 Å². The highest BCUT2D eigenvalue weighted by Crippen LogP contribution is 2.35. The van der Waals surface area contributed by atoms with E-state index >= 15 is 0 Å². The molecular formula is C22H38O6. The van der Waals surface area contributed by atoms with Crippen LogP contribution in [0.15, 0.2) is 12.2 Å². The first-order valence-corrected chi connectivity index (χ1v) is 10.6. The third-order valence-corrected chi connectivity index (χ3v) is 6.02. The molecule has 5 atom stereocenters. The van der Waals surface area contributed by atoms with Gasteiger partial charge in [-0.2, -0.15) is 0 Å². The van der Waals surface area contributed by atoms with Crippen LogP contribution < -0.4 is 0 Å². The number of carboxylic acid groups (broad SMARTS) is 1. The van der Waals surface area contributed by atoms with Crippen molar-refractivity contribution in [1.82, 2.24) is 0 Å². The number of hydrogen-bond acceptors (Lipinski definition) is 5. The Morgan fingerprint density at radius 1 is 1.29 bits per heavy atom. The van der Waals surface area contributed by atoms with Gasteiger partial charge >= 0.3 is 5.97 Å². The standard InChI is InChI=1S/C22H38O6/c1-4-5-14-22(2,28-3)20(25)13-12-17-16(18(23)15-19(17)24)10-8-6-7-9-11-21(26)27/h12-13,16-17,19-20,24-25H,4-11,14-15H2,1-3H3,(H,26,27)/b13-12+/t16-,17-,19?,20?,22?/m1/s1. The lowest BCUT2D eigenvalue weighted by atomic mass is 9.86. The second kappa shape index (κ2) is 12.3. The quantitative estimate of drug-likeness (QED) is 0.306. The van der Waals surface area contributed by atoms with Gasteiger partial charge in [0, 0.05) is 31.8 Å². The van der Waals surface area contributed by atoms with Gasteiger partial charge in [0.2, 0.25) is 0 Å². The summed E-state index contributed by atoms with van der Waals surface area (Å²) in [6.07, 6.45) is 8.87. The summed E-state index contributed by atoms with van der Waals surface area (Å²) in [4.78, 5) is 22.8. The van der Waals surface area contributed by atoms with Crippen molar-refractivity contribution in [3.05, 3.63) is 12.2 Å². The summed E-state index contributed by atoms with van der Waals surface area (Å²) in [5.74, 6) is -1.22. The van der Waals surface area contributed by atoms with Gasteiger partial charge in [0.1, 0.15) is 11.9 Å². The number of ketones is 1. The predicted octanol–water partition coefficient (Wildman–Crippen LogP) is 3.49. The first kappa shape index (κ1) is 24.8. The number of aliphatic hydroxyl groups is 2. The summed E-state index contributed by atoms with van der Waals surface area (Å²) in [5, 5.41) is 29.5. The number of aliphatic carboxylic acids is 1. The number of unbranched alkanes of at least 4 members (excludes halogenated alkanes) is 4. The Hall–Kier alpha value is -1.24. The van der Waals surface area contributed by atoms with E-state index in [0.717, 1.165) is 38.5 Å². The summed E-state index contributed by atoms with van der Waals surface area (Å²) in [6.45, 7) is 3.97. The molecule has 3 N–H and O–H groups in total. The molecule has 1 saturated carbocycles. The minimum atomic E-state index is -0.802. The lowest BCUT2D eigenvalue weighted by molar-refractivity contribution is -0.137. The highest BCUT2D eigenvalue weighted by molar-refractivity contribution is 5.84. The lowest BCUT2D eigenvalue weighted by Crippen LogP contribution is -2.40. The Balaban J connectivity index is 2.61. The molecule has 0 heterocycles. The van der Waals surface area contributed by atoms with Crippen LogP contribution in [0.4, 0.5) is 0 Å². The second-order valence-electron chi connectivity index (χ2n) is 8.22. The number of aliphatic hydroxyl groups excluding tert-OH is 2. The first-order valence-electron chi connectivity index (χ1n) is 10.6. The van der Waals surface area contributed by atoms with Crippen LogP contribution in [0.1, 0.15) is 78.1 Å². The topological polar surface area (TPSA) is 104 Å². The molecule has 28 heavy (non-hydrogen) atoms. The largest absolute Gasteiger partial charge is 0.481 e. The van der Waals surface area contributed by atoms with E-state index in [1.54, 1.807) is 19.3 Å². The fourth-order valence-electron chi connectivity index (χ4n) is 3.92. The van der Waals surface area contributed by atoms with Gasteiger partial charge in [-0.25, -0.2) is 0 Å². The molecule has 0 amide bonds. The molecule has 1 rings (SSSR count). The molecule has 6 nitrogen and oxygen atoms in total. The number of ether oxygens (including phenoxy) is 1. The van der Waals surface area contributed by atoms with E-state index in [-0.39, 0.29) is 30.5 Å². The zero-order chi connectivity index (χ0) is 21.2. The molecule has 0 radical (unpaired) electrons. The molecular weight excluding hydrogens is 360 g/mol. The van der Waals surface area contributed by atoms with Gasteiger partial charge in [-0.1, -0.05) is 51.2 Å². The third-order valence-electron chi connectivity index (χ3n) is 6.02. The van der Waals surface area contributed by atoms with Crippen LogP contribution in [-0.4, -0.2) is 52.0 Å². The number of rotatable bonds is 14. The minimum Gasteiger partial charge on any atom is -0.481 e. The van der Waals surface area contributed by atoms with Gasteiger partial charge in [0.25, 0.3) is 0 Å². The van der Waals surface area contributed by atoms with Crippen LogP contribution >= 0.6 is 0 Å². The molecule has 1 aliphatic carbocycles. The third kappa shape index (κ3) is 7.64. The summed E-state index contributed by atoms with van der Waals surface area (Å²) >= 11 is 0. The number of carboxylic acids is 1. The zero-order valence-electron chi connectivity index (χ0n) is 17.6. The molecule has 0 bridgehead atoms. The zero-order valence-corrected chi connectivity index (χ0v) is 17.6. The highest BCUT2D eigenvalue weighted by Gasteiger charge is 2.40. The molecule has 0 spiro atoms. The summed E-state index contributed by atoms with van der Waals surface area (Å²) in [6, 6.07) is 0. The summed E-state index contributed by atoms with van der Waals surface area (Å²) in [5.41, 5.74) is -0.681. The van der Waals surface area contributed by atoms with Crippen molar-refractivity contribution in [2.75, 3.05) is 7.11 Å². The molecule has 162 valence electrons. The Morgan fingerprint density at radius 3 is 2.57 bits per heavy atom. The molecule has 0 aromatic heterocycles. The van der Waals surface area contributed by atoms with E-state index in [1.807, 2.05) is 6.92 Å². The Labute approximate surface area is 169 Å². The predicted molar refractivity (Wildman–Crippen MR) is 108 cm³/mol. The maximum atomic E-state index is 12.3. The molecule has 1 fully saturated rings. The smallest absolute Gasteiger partial charge is 0.303 e. The normalized spacial score (nSPS) is 25.9. The number of carbonyl (C=O) groups excluding carboxylic acids is 1. The monoisotopic (exact) mass is 398 g/mol. The van der Waals surface area contributed by atoms with Crippen molar-refractivity contribution in [2.24, 2.45) is 11.8 Å². The molecule has 6 heteroatoms. The fourth-order valence-corrected chi connectivity index (χ4v) is 3.92. The van der Waals surface area contributed by atoms with Gasteiger partial charge in [-0.05, 0) is 26.2 Å². The van der Waals surface area contributed by atoms with Gasteiger partial charge in [0.05, 0.1) is 11.7 Å². The molecule has 0 aromatic rings. The SMILES string of the molecule is CCCCC(C)(OC)C(O)/C=C/[C@H]1C(O)CC(=O)[C@@H]1CCCCCCC(=O)O. The Morgan fingerprint density at radius 2 is 1.96 bits per heavy atom. The summed E-state index contributed by atoms with van der Waals surface area (Å²) in [7, 11) is 1.59. The van der Waals surface area contributed by atoms with Crippen molar-refractivity contribution in [3.63, 3.8) is 0 Å². The lowest BCUT2D eigenvalue weighted by Gasteiger charge is -2.32. The van der Waals surface area contributed by atoms with E-state index in [4.69, 9.17) is 9.84 Å². The van der Waals surface area contributed by atoms with Crippen molar-refractivity contribution >= 4 is 11.8 Å². The fraction of sp³-hybridized carbons (Fsp3) is 0.818. The molecule has 0 aromatic carbocycles. The van der Waals surface area contributed by atoms with E-state index in [2.05, 4.69) is 6.92 Å². The number of methoxy groups -OCH3 is 1. The van der Waals surface area contributed by atoms with E-state index < -0.39 is 23.8 Å². The first-order chi connectivity index (χ1) is 13.2. The molecule has 0 saturated heterocycles. The molecule has 3 unspecified atom stereocenters. The van der Waals surface area contributed by atoms with Crippen LogP contribution in [0.3, 0.4) is 0 Å². The maximum Gasteiger partial charge on any atom is 0.303 e. The van der Waals surface area contributed by atoms with E-state index in [0.29, 0.717) is 12.8 Å². The number of carbonyl (C=O) groups is 2. The average Bonchev–Trinajstić information content (AvgIpc) is 2.92. The maximum absolute atomic E-state index is 12.3. The van der Waals surface area contributed by atoms with Gasteiger partial charge in [0.15, 0.2) is 0 Å². The van der Waals surface area contributed by atoms with Crippen molar-refractivity contribution in [3.8, 4) is 0 Å². The molecule has 1 aliphatic rings. The molecule has 0 aliphatic heterocycles. The van der Waals surface area contributed by atoms with Crippen LogP contribution in [0.5, 0.6) is 0 Å². The van der Waals surface area contributed by atoms with Crippen LogP contribution in [0, 0.1) is 11.8 Å². The average molecular weight is 399 g/mol. The van der Waals surface area contributed by atoms with Crippen molar-refractivity contribution in [1.29, 1.82) is 0 Å². The van der Waals surface area contributed by atoms with Crippen molar-refractivity contribution in [2.45, 2.75) is 95.9 Å². The van der Waals surface area contributed by atoms with E-state index in [9.17, 15) is 19.8 Å². The summed E-state index contributed by atoms with van der Waals surface area (Å²) < 4.78 is 5.54. The number of hydrogen-bond donors (Lipinski definition) is 3. The van der Waals surface area contributed by atoms with E-state index in [1.165, 1.54) is 0 Å². The Kier molecular flexibility index (Phi) is 10.9. The van der Waals surface area contributed by atoms with Crippen LogP contribution in [0.2, 0.25) is 0 Å². The van der Waals surface area contributed by atoms with Crippen molar-refractivity contribution < 1.29 is 29.6 Å².